The van der Waals surface area contributed by atoms with Gasteiger partial charge in [0.15, 0.2) is 0 Å². The van der Waals surface area contributed by atoms with Gasteiger partial charge in [-0.2, -0.15) is 10.2 Å². The Morgan fingerprint density at radius 2 is 2.11 bits per heavy atom. The molecule has 144 valence electrons. The lowest BCUT2D eigenvalue weighted by molar-refractivity contribution is 0.251. The van der Waals surface area contributed by atoms with Crippen LogP contribution in [0.2, 0.25) is 0 Å². The standard InChI is InChI=1S/C20H23N7O/c28-20(22-12-17-8-4-5-9-18(17)27-15-21-14-24-27)25-19-10-11-23-26(19)13-16-6-2-1-3-7-16/h1-2,4-5,8-11,14-16H,3,6-7,12-13H2,(H2,22,25,28). The molecule has 3 aromatic rings. The summed E-state index contributed by atoms with van der Waals surface area (Å²) < 4.78 is 3.55. The Kier molecular flexibility index (Phi) is 5.46. The molecule has 4 rings (SSSR count). The van der Waals surface area contributed by atoms with Crippen LogP contribution in [0.5, 0.6) is 0 Å². The SMILES string of the molecule is O=C(NCc1ccccc1-n1cncn1)Nc1ccnn1CC1CC=CCC1. The topological polar surface area (TPSA) is 89.7 Å². The van der Waals surface area contributed by atoms with Gasteiger partial charge in [-0.25, -0.2) is 19.1 Å². The Bertz CT molecular complexity index is 945. The Hall–Kier alpha value is -3.42. The van der Waals surface area contributed by atoms with Gasteiger partial charge in [-0.15, -0.1) is 0 Å². The summed E-state index contributed by atoms with van der Waals surface area (Å²) >= 11 is 0. The summed E-state index contributed by atoms with van der Waals surface area (Å²) in [5, 5.41) is 14.3. The average Bonchev–Trinajstić information content (AvgIpc) is 3.40. The minimum absolute atomic E-state index is 0.265. The molecule has 8 heteroatoms. The van der Waals surface area contributed by atoms with Crippen LogP contribution in [-0.4, -0.2) is 30.6 Å². The molecule has 2 aromatic heterocycles. The zero-order chi connectivity index (χ0) is 19.2. The van der Waals surface area contributed by atoms with Crippen LogP contribution in [-0.2, 0) is 13.1 Å². The van der Waals surface area contributed by atoms with Crippen LogP contribution >= 0.6 is 0 Å². The number of aromatic nitrogens is 5. The molecule has 28 heavy (non-hydrogen) atoms. The highest BCUT2D eigenvalue weighted by molar-refractivity contribution is 5.88. The monoisotopic (exact) mass is 377 g/mol. The van der Waals surface area contributed by atoms with Crippen LogP contribution in [0, 0.1) is 5.92 Å². The van der Waals surface area contributed by atoms with Crippen molar-refractivity contribution in [2.45, 2.75) is 32.4 Å². The highest BCUT2D eigenvalue weighted by Crippen LogP contribution is 2.21. The molecule has 1 aliphatic rings. The minimum Gasteiger partial charge on any atom is -0.334 e. The highest BCUT2D eigenvalue weighted by Gasteiger charge is 2.14. The van der Waals surface area contributed by atoms with E-state index < -0.39 is 0 Å². The third-order valence-corrected chi connectivity index (χ3v) is 4.86. The molecule has 1 atom stereocenters. The fourth-order valence-corrected chi connectivity index (χ4v) is 3.40. The number of amides is 2. The summed E-state index contributed by atoms with van der Waals surface area (Å²) in [7, 11) is 0. The summed E-state index contributed by atoms with van der Waals surface area (Å²) in [4.78, 5) is 16.4. The normalized spacial score (nSPS) is 16.1. The molecule has 0 aliphatic heterocycles. The predicted molar refractivity (Wildman–Crippen MR) is 106 cm³/mol. The van der Waals surface area contributed by atoms with Crippen LogP contribution in [0.25, 0.3) is 5.69 Å². The number of carbonyl (C=O) groups is 1. The van der Waals surface area contributed by atoms with E-state index in [2.05, 4.69) is 38.0 Å². The minimum atomic E-state index is -0.265. The number of nitrogens with zero attached hydrogens (tertiary/aromatic N) is 5. The van der Waals surface area contributed by atoms with Crippen molar-refractivity contribution in [1.82, 2.24) is 29.9 Å². The molecule has 1 aromatic carbocycles. The van der Waals surface area contributed by atoms with Crippen molar-refractivity contribution >= 4 is 11.8 Å². The third kappa shape index (κ3) is 4.28. The molecule has 1 aliphatic carbocycles. The van der Waals surface area contributed by atoms with E-state index in [1.807, 2.05) is 35.0 Å². The first-order chi connectivity index (χ1) is 13.8. The van der Waals surface area contributed by atoms with Crippen molar-refractivity contribution in [2.24, 2.45) is 5.92 Å². The summed E-state index contributed by atoms with van der Waals surface area (Å²) in [6.07, 6.45) is 12.6. The quantitative estimate of drug-likeness (QED) is 0.646. The van der Waals surface area contributed by atoms with Gasteiger partial charge in [0.25, 0.3) is 0 Å². The first kappa shape index (κ1) is 18.0. The predicted octanol–water partition coefficient (Wildman–Crippen LogP) is 3.14. The Labute approximate surface area is 163 Å². The van der Waals surface area contributed by atoms with Gasteiger partial charge in [-0.05, 0) is 36.8 Å². The van der Waals surface area contributed by atoms with E-state index in [-0.39, 0.29) is 6.03 Å². The molecule has 8 nitrogen and oxygen atoms in total. The van der Waals surface area contributed by atoms with Crippen LogP contribution in [0.4, 0.5) is 10.6 Å². The third-order valence-electron chi connectivity index (χ3n) is 4.86. The molecule has 0 fully saturated rings. The smallest absolute Gasteiger partial charge is 0.320 e. The molecule has 2 heterocycles. The number of rotatable bonds is 6. The second kappa shape index (κ2) is 8.51. The molecule has 0 saturated heterocycles. The van der Waals surface area contributed by atoms with Crippen molar-refractivity contribution in [3.63, 3.8) is 0 Å². The largest absolute Gasteiger partial charge is 0.334 e. The summed E-state index contributed by atoms with van der Waals surface area (Å²) in [6, 6.07) is 9.32. The van der Waals surface area contributed by atoms with Crippen molar-refractivity contribution < 1.29 is 4.79 Å². The number of carbonyl (C=O) groups excluding carboxylic acids is 1. The number of nitrogens with one attached hydrogen (secondary N) is 2. The van der Waals surface area contributed by atoms with E-state index in [9.17, 15) is 4.79 Å². The summed E-state index contributed by atoms with van der Waals surface area (Å²) in [6.45, 7) is 1.19. The maximum Gasteiger partial charge on any atom is 0.320 e. The molecule has 0 spiro atoms. The number of hydrogen-bond donors (Lipinski definition) is 2. The Balaban J connectivity index is 1.36. The molecule has 2 amide bonds. The van der Waals surface area contributed by atoms with Crippen LogP contribution in [0.15, 0.2) is 61.3 Å². The van der Waals surface area contributed by atoms with Gasteiger partial charge in [0.1, 0.15) is 18.5 Å². The number of urea groups is 1. The highest BCUT2D eigenvalue weighted by atomic mass is 16.2. The van der Waals surface area contributed by atoms with E-state index in [0.29, 0.717) is 18.3 Å². The zero-order valence-corrected chi connectivity index (χ0v) is 15.5. The number of para-hydroxylation sites is 1. The van der Waals surface area contributed by atoms with Crippen LogP contribution < -0.4 is 10.6 Å². The van der Waals surface area contributed by atoms with Gasteiger partial charge in [-0.3, -0.25) is 5.32 Å². The fourth-order valence-electron chi connectivity index (χ4n) is 3.40. The van der Waals surface area contributed by atoms with Crippen molar-refractivity contribution in [1.29, 1.82) is 0 Å². The fraction of sp³-hybridized carbons (Fsp3) is 0.300. The number of hydrogen-bond acceptors (Lipinski definition) is 4. The van der Waals surface area contributed by atoms with Gasteiger partial charge in [0.05, 0.1) is 11.9 Å². The molecular weight excluding hydrogens is 354 g/mol. The van der Waals surface area contributed by atoms with E-state index in [0.717, 1.165) is 37.1 Å². The molecule has 0 radical (unpaired) electrons. The first-order valence-electron chi connectivity index (χ1n) is 9.44. The number of benzene rings is 1. The van der Waals surface area contributed by atoms with Gasteiger partial charge >= 0.3 is 6.03 Å². The lowest BCUT2D eigenvalue weighted by atomic mass is 9.94. The maximum atomic E-state index is 12.4. The number of allylic oxidation sites excluding steroid dienone is 2. The van der Waals surface area contributed by atoms with Gasteiger partial charge in [0.2, 0.25) is 0 Å². The lowest BCUT2D eigenvalue weighted by Gasteiger charge is -2.19. The summed E-state index contributed by atoms with van der Waals surface area (Å²) in [5.74, 6) is 1.26. The first-order valence-corrected chi connectivity index (χ1v) is 9.44. The number of anilines is 1. The molecule has 0 bridgehead atoms. The van der Waals surface area contributed by atoms with Crippen LogP contribution in [0.3, 0.4) is 0 Å². The van der Waals surface area contributed by atoms with Crippen LogP contribution in [0.1, 0.15) is 24.8 Å². The Morgan fingerprint density at radius 3 is 2.93 bits per heavy atom. The maximum absolute atomic E-state index is 12.4. The van der Waals surface area contributed by atoms with Gasteiger partial charge in [0, 0.05) is 19.2 Å². The van der Waals surface area contributed by atoms with E-state index >= 15 is 0 Å². The molecular formula is C20H23N7O. The second-order valence-corrected chi connectivity index (χ2v) is 6.83. The molecule has 0 saturated carbocycles. The van der Waals surface area contributed by atoms with Gasteiger partial charge < -0.3 is 5.32 Å². The Morgan fingerprint density at radius 1 is 1.18 bits per heavy atom. The summed E-state index contributed by atoms with van der Waals surface area (Å²) in [5.41, 5.74) is 1.83. The van der Waals surface area contributed by atoms with Gasteiger partial charge in [-0.1, -0.05) is 30.4 Å². The molecule has 1 unspecified atom stereocenters. The van der Waals surface area contributed by atoms with E-state index in [4.69, 9.17) is 0 Å². The van der Waals surface area contributed by atoms with Crippen molar-refractivity contribution in [3.05, 3.63) is 66.9 Å². The molecule has 2 N–H and O–H groups in total. The van der Waals surface area contributed by atoms with E-state index in [1.165, 1.54) is 6.33 Å². The lowest BCUT2D eigenvalue weighted by Crippen LogP contribution is -2.30. The second-order valence-electron chi connectivity index (χ2n) is 6.83. The zero-order valence-electron chi connectivity index (χ0n) is 15.5. The average molecular weight is 377 g/mol. The van der Waals surface area contributed by atoms with E-state index in [1.54, 1.807) is 17.2 Å². The van der Waals surface area contributed by atoms with Crippen molar-refractivity contribution in [3.8, 4) is 5.69 Å². The van der Waals surface area contributed by atoms with Crippen molar-refractivity contribution in [2.75, 3.05) is 5.32 Å².